The van der Waals surface area contributed by atoms with Gasteiger partial charge in [0.25, 0.3) is 5.91 Å². The van der Waals surface area contributed by atoms with Gasteiger partial charge in [0.1, 0.15) is 5.75 Å². The van der Waals surface area contributed by atoms with Crippen molar-refractivity contribution in [1.29, 1.82) is 0 Å². The van der Waals surface area contributed by atoms with Gasteiger partial charge >= 0.3 is 0 Å². The van der Waals surface area contributed by atoms with Crippen molar-refractivity contribution in [2.45, 2.75) is 26.3 Å². The molecule has 104 valence electrons. The Morgan fingerprint density at radius 2 is 2.11 bits per heavy atom. The minimum absolute atomic E-state index is 0.146. The van der Waals surface area contributed by atoms with E-state index in [1.165, 1.54) is 6.92 Å². The standard InChI is InChI=1S/C13H19N3O3/c1-9-4-3-5-11(8-9)19-7-6-12(17)15-16-13(18)10(2)14/h3-5,8,10H,6-7,14H2,1-2H3,(H,15,17)(H,16,18). The number of carbonyl (C=O) groups excluding carboxylic acids is 2. The van der Waals surface area contributed by atoms with E-state index in [4.69, 9.17) is 10.5 Å². The molecule has 0 saturated carbocycles. The molecule has 6 heteroatoms. The van der Waals surface area contributed by atoms with Gasteiger partial charge in [-0.1, -0.05) is 12.1 Å². The summed E-state index contributed by atoms with van der Waals surface area (Å²) in [7, 11) is 0. The van der Waals surface area contributed by atoms with Crippen molar-refractivity contribution in [1.82, 2.24) is 10.9 Å². The summed E-state index contributed by atoms with van der Waals surface area (Å²) < 4.78 is 5.41. The van der Waals surface area contributed by atoms with Crippen LogP contribution in [-0.2, 0) is 9.59 Å². The second-order valence-electron chi connectivity index (χ2n) is 4.24. The Labute approximate surface area is 112 Å². The number of rotatable bonds is 5. The number of hydrogen-bond acceptors (Lipinski definition) is 4. The zero-order valence-corrected chi connectivity index (χ0v) is 11.1. The highest BCUT2D eigenvalue weighted by Crippen LogP contribution is 2.12. The summed E-state index contributed by atoms with van der Waals surface area (Å²) in [6.45, 7) is 3.73. The molecule has 4 N–H and O–H groups in total. The molecule has 2 amide bonds. The Hall–Kier alpha value is -2.08. The summed E-state index contributed by atoms with van der Waals surface area (Å²) in [5.74, 6) is -0.0537. The second-order valence-corrected chi connectivity index (χ2v) is 4.24. The van der Waals surface area contributed by atoms with Crippen LogP contribution in [0, 0.1) is 6.92 Å². The van der Waals surface area contributed by atoms with Gasteiger partial charge in [0.15, 0.2) is 0 Å². The summed E-state index contributed by atoms with van der Waals surface area (Å²) >= 11 is 0. The number of nitrogens with two attached hydrogens (primary N) is 1. The minimum Gasteiger partial charge on any atom is -0.493 e. The Bertz CT molecular complexity index is 447. The normalized spacial score (nSPS) is 11.5. The molecule has 1 aromatic rings. The lowest BCUT2D eigenvalue weighted by molar-refractivity contribution is -0.129. The molecule has 0 aromatic heterocycles. The van der Waals surface area contributed by atoms with Crippen molar-refractivity contribution in [2.24, 2.45) is 5.73 Å². The fourth-order valence-corrected chi connectivity index (χ4v) is 1.27. The first-order valence-corrected chi connectivity index (χ1v) is 6.03. The molecule has 1 atom stereocenters. The molecule has 0 fully saturated rings. The van der Waals surface area contributed by atoms with Crippen molar-refractivity contribution in [3.05, 3.63) is 29.8 Å². The minimum atomic E-state index is -0.663. The van der Waals surface area contributed by atoms with E-state index in [1.807, 2.05) is 31.2 Å². The van der Waals surface area contributed by atoms with Gasteiger partial charge in [0.2, 0.25) is 5.91 Å². The van der Waals surface area contributed by atoms with Gasteiger partial charge in [-0.3, -0.25) is 20.4 Å². The smallest absolute Gasteiger partial charge is 0.254 e. The summed E-state index contributed by atoms with van der Waals surface area (Å²) in [5, 5.41) is 0. The van der Waals surface area contributed by atoms with Crippen LogP contribution in [0.5, 0.6) is 5.75 Å². The van der Waals surface area contributed by atoms with E-state index in [1.54, 1.807) is 0 Å². The van der Waals surface area contributed by atoms with Crippen molar-refractivity contribution in [2.75, 3.05) is 6.61 Å². The molecular formula is C13H19N3O3. The molecule has 0 spiro atoms. The highest BCUT2D eigenvalue weighted by Gasteiger charge is 2.08. The van der Waals surface area contributed by atoms with E-state index in [9.17, 15) is 9.59 Å². The number of hydrogen-bond donors (Lipinski definition) is 3. The molecule has 0 radical (unpaired) electrons. The predicted molar refractivity (Wildman–Crippen MR) is 71.2 cm³/mol. The number of hydrazine groups is 1. The SMILES string of the molecule is Cc1cccc(OCCC(=O)NNC(=O)C(C)N)c1. The van der Waals surface area contributed by atoms with Gasteiger partial charge in [-0.25, -0.2) is 0 Å². The number of nitrogens with one attached hydrogen (secondary N) is 2. The van der Waals surface area contributed by atoms with E-state index >= 15 is 0 Å². The molecule has 1 rings (SSSR count). The van der Waals surface area contributed by atoms with Crippen LogP contribution in [0.3, 0.4) is 0 Å². The topological polar surface area (TPSA) is 93.5 Å². The summed E-state index contributed by atoms with van der Waals surface area (Å²) in [6.07, 6.45) is 0.146. The van der Waals surface area contributed by atoms with E-state index in [-0.39, 0.29) is 18.9 Å². The lowest BCUT2D eigenvalue weighted by Crippen LogP contribution is -2.48. The third-order valence-corrected chi connectivity index (χ3v) is 2.33. The molecule has 19 heavy (non-hydrogen) atoms. The van der Waals surface area contributed by atoms with E-state index in [0.717, 1.165) is 5.56 Å². The fourth-order valence-electron chi connectivity index (χ4n) is 1.27. The maximum Gasteiger partial charge on any atom is 0.254 e. The van der Waals surface area contributed by atoms with Gasteiger partial charge in [0.05, 0.1) is 19.1 Å². The van der Waals surface area contributed by atoms with Crippen LogP contribution in [0.25, 0.3) is 0 Å². The highest BCUT2D eigenvalue weighted by atomic mass is 16.5. The second kappa shape index (κ2) is 7.38. The van der Waals surface area contributed by atoms with Crippen LogP contribution < -0.4 is 21.3 Å². The van der Waals surface area contributed by atoms with Gasteiger partial charge < -0.3 is 10.5 Å². The number of carbonyl (C=O) groups is 2. The fraction of sp³-hybridized carbons (Fsp3) is 0.385. The largest absolute Gasteiger partial charge is 0.493 e. The molecule has 0 saturated heterocycles. The predicted octanol–water partition coefficient (Wildman–Crippen LogP) is 0.259. The van der Waals surface area contributed by atoms with Crippen LogP contribution >= 0.6 is 0 Å². The molecule has 0 aliphatic heterocycles. The summed E-state index contributed by atoms with van der Waals surface area (Å²) in [5.41, 5.74) is 10.9. The monoisotopic (exact) mass is 265 g/mol. The number of aryl methyl sites for hydroxylation is 1. The lowest BCUT2D eigenvalue weighted by Gasteiger charge is -2.10. The third-order valence-electron chi connectivity index (χ3n) is 2.33. The van der Waals surface area contributed by atoms with Crippen LogP contribution in [0.2, 0.25) is 0 Å². The molecule has 1 aromatic carbocycles. The average molecular weight is 265 g/mol. The first kappa shape index (κ1) is 15.0. The summed E-state index contributed by atoms with van der Waals surface area (Å²) in [6, 6.07) is 6.89. The van der Waals surface area contributed by atoms with Gasteiger partial charge in [0, 0.05) is 0 Å². The summed E-state index contributed by atoms with van der Waals surface area (Å²) in [4.78, 5) is 22.5. The number of ether oxygens (including phenoxy) is 1. The number of benzene rings is 1. The van der Waals surface area contributed by atoms with Crippen LogP contribution in [0.15, 0.2) is 24.3 Å². The van der Waals surface area contributed by atoms with Gasteiger partial charge in [-0.15, -0.1) is 0 Å². The molecular weight excluding hydrogens is 246 g/mol. The maximum atomic E-state index is 11.4. The van der Waals surface area contributed by atoms with E-state index in [0.29, 0.717) is 5.75 Å². The van der Waals surface area contributed by atoms with Crippen LogP contribution in [0.4, 0.5) is 0 Å². The van der Waals surface area contributed by atoms with Crippen LogP contribution in [-0.4, -0.2) is 24.5 Å². The Morgan fingerprint density at radius 3 is 2.74 bits per heavy atom. The van der Waals surface area contributed by atoms with E-state index < -0.39 is 11.9 Å². The van der Waals surface area contributed by atoms with Crippen molar-refractivity contribution >= 4 is 11.8 Å². The molecule has 0 aliphatic carbocycles. The molecule has 0 heterocycles. The molecule has 0 aliphatic rings. The quantitative estimate of drug-likeness (QED) is 0.666. The third kappa shape index (κ3) is 5.87. The molecule has 1 unspecified atom stereocenters. The van der Waals surface area contributed by atoms with Gasteiger partial charge in [-0.05, 0) is 31.5 Å². The Kier molecular flexibility index (Phi) is 5.81. The Morgan fingerprint density at radius 1 is 1.37 bits per heavy atom. The number of amides is 2. The first-order valence-electron chi connectivity index (χ1n) is 6.03. The molecule has 6 nitrogen and oxygen atoms in total. The first-order chi connectivity index (χ1) is 8.99. The van der Waals surface area contributed by atoms with Crippen LogP contribution in [0.1, 0.15) is 18.9 Å². The lowest BCUT2D eigenvalue weighted by atomic mass is 10.2. The average Bonchev–Trinajstić information content (AvgIpc) is 2.36. The molecule has 0 bridgehead atoms. The zero-order chi connectivity index (χ0) is 14.3. The van der Waals surface area contributed by atoms with E-state index in [2.05, 4.69) is 10.9 Å². The van der Waals surface area contributed by atoms with Crippen molar-refractivity contribution < 1.29 is 14.3 Å². The van der Waals surface area contributed by atoms with Crippen molar-refractivity contribution in [3.63, 3.8) is 0 Å². The van der Waals surface area contributed by atoms with Crippen molar-refractivity contribution in [3.8, 4) is 5.75 Å². The Balaban J connectivity index is 2.22. The van der Waals surface area contributed by atoms with Gasteiger partial charge in [-0.2, -0.15) is 0 Å². The maximum absolute atomic E-state index is 11.4. The highest BCUT2D eigenvalue weighted by molar-refractivity contribution is 5.84. The zero-order valence-electron chi connectivity index (χ0n) is 11.1.